The molecule has 1 rings (SSSR count). The van der Waals surface area contributed by atoms with Gasteiger partial charge in [-0.15, -0.1) is 0 Å². The molecule has 4 heteroatoms. The van der Waals surface area contributed by atoms with Crippen LogP contribution in [0.15, 0.2) is 12.4 Å². The highest BCUT2D eigenvalue weighted by molar-refractivity contribution is 5.04. The zero-order valence-corrected chi connectivity index (χ0v) is 9.82. The predicted molar refractivity (Wildman–Crippen MR) is 60.5 cm³/mol. The molecule has 2 N–H and O–H groups in total. The van der Waals surface area contributed by atoms with Crippen molar-refractivity contribution in [3.05, 3.63) is 18.0 Å². The minimum Gasteiger partial charge on any atom is -0.394 e. The molecule has 0 aliphatic carbocycles. The van der Waals surface area contributed by atoms with Crippen molar-refractivity contribution in [3.63, 3.8) is 0 Å². The number of nitrogens with zero attached hydrogens (tertiary/aromatic N) is 2. The van der Waals surface area contributed by atoms with Gasteiger partial charge in [0.25, 0.3) is 0 Å². The van der Waals surface area contributed by atoms with E-state index < -0.39 is 0 Å². The summed E-state index contributed by atoms with van der Waals surface area (Å²) in [6.07, 6.45) is 4.90. The molecule has 1 aromatic heterocycles. The largest absolute Gasteiger partial charge is 0.394 e. The molecule has 0 saturated heterocycles. The number of hydrogen-bond donors (Lipinski definition) is 2. The lowest BCUT2D eigenvalue weighted by atomic mass is 10.0. The van der Waals surface area contributed by atoms with Crippen LogP contribution in [0.5, 0.6) is 0 Å². The van der Waals surface area contributed by atoms with E-state index in [1.807, 2.05) is 12.4 Å². The van der Waals surface area contributed by atoms with Crippen molar-refractivity contribution in [2.75, 3.05) is 6.61 Å². The van der Waals surface area contributed by atoms with Gasteiger partial charge >= 0.3 is 0 Å². The standard InChI is InChI=1S/C11H21N3O/c1-4-11(2,3)12-7-10-8-13-14(9-10)5-6-15/h8-9,12,15H,4-7H2,1-3H3. The molecule has 86 valence electrons. The summed E-state index contributed by atoms with van der Waals surface area (Å²) in [4.78, 5) is 0. The lowest BCUT2D eigenvalue weighted by Gasteiger charge is -2.24. The van der Waals surface area contributed by atoms with E-state index in [0.29, 0.717) is 6.54 Å². The van der Waals surface area contributed by atoms with Gasteiger partial charge in [-0.05, 0) is 20.3 Å². The molecule has 0 radical (unpaired) electrons. The molecule has 0 aliphatic heterocycles. The Labute approximate surface area is 91.3 Å². The molecular formula is C11H21N3O. The van der Waals surface area contributed by atoms with E-state index in [4.69, 9.17) is 5.11 Å². The van der Waals surface area contributed by atoms with Crippen LogP contribution in [0.3, 0.4) is 0 Å². The smallest absolute Gasteiger partial charge is 0.0640 e. The maximum atomic E-state index is 8.75. The maximum absolute atomic E-state index is 8.75. The average Bonchev–Trinajstić information content (AvgIpc) is 2.64. The van der Waals surface area contributed by atoms with Crippen molar-refractivity contribution in [1.82, 2.24) is 15.1 Å². The Morgan fingerprint density at radius 3 is 2.87 bits per heavy atom. The summed E-state index contributed by atoms with van der Waals surface area (Å²) in [6, 6.07) is 0. The zero-order chi connectivity index (χ0) is 11.3. The van der Waals surface area contributed by atoms with E-state index in [1.54, 1.807) is 4.68 Å². The zero-order valence-electron chi connectivity index (χ0n) is 9.82. The second-order valence-corrected chi connectivity index (χ2v) is 4.43. The van der Waals surface area contributed by atoms with Gasteiger partial charge in [0.1, 0.15) is 0 Å². The number of aromatic nitrogens is 2. The van der Waals surface area contributed by atoms with Gasteiger partial charge < -0.3 is 10.4 Å². The Kier molecular flexibility index (Phi) is 4.29. The van der Waals surface area contributed by atoms with Gasteiger partial charge in [0.2, 0.25) is 0 Å². The van der Waals surface area contributed by atoms with E-state index >= 15 is 0 Å². The molecule has 15 heavy (non-hydrogen) atoms. The number of aliphatic hydroxyl groups excluding tert-OH is 1. The predicted octanol–water partition coefficient (Wildman–Crippen LogP) is 1.15. The van der Waals surface area contributed by atoms with Crippen LogP contribution < -0.4 is 5.32 Å². The molecule has 0 atom stereocenters. The highest BCUT2D eigenvalue weighted by atomic mass is 16.3. The van der Waals surface area contributed by atoms with Crippen molar-refractivity contribution in [3.8, 4) is 0 Å². The number of hydrogen-bond acceptors (Lipinski definition) is 3. The summed E-state index contributed by atoms with van der Waals surface area (Å²) in [5, 5.41) is 16.4. The van der Waals surface area contributed by atoms with Crippen molar-refractivity contribution in [2.45, 2.75) is 45.8 Å². The first kappa shape index (κ1) is 12.2. The number of rotatable bonds is 6. The highest BCUT2D eigenvalue weighted by Gasteiger charge is 2.13. The molecule has 0 bridgehead atoms. The molecule has 0 fully saturated rings. The second-order valence-electron chi connectivity index (χ2n) is 4.43. The van der Waals surface area contributed by atoms with Gasteiger partial charge in [-0.25, -0.2) is 0 Å². The highest BCUT2D eigenvalue weighted by Crippen LogP contribution is 2.08. The van der Waals surface area contributed by atoms with Crippen molar-refractivity contribution in [1.29, 1.82) is 0 Å². The summed E-state index contributed by atoms with van der Waals surface area (Å²) in [6.45, 7) is 8.07. The maximum Gasteiger partial charge on any atom is 0.0640 e. The third-order valence-corrected chi connectivity index (χ3v) is 2.67. The molecular weight excluding hydrogens is 190 g/mol. The third kappa shape index (κ3) is 4.01. The first-order valence-corrected chi connectivity index (χ1v) is 5.44. The fourth-order valence-electron chi connectivity index (χ4n) is 1.19. The lowest BCUT2D eigenvalue weighted by molar-refractivity contribution is 0.269. The molecule has 4 nitrogen and oxygen atoms in total. The first-order chi connectivity index (χ1) is 7.07. The summed E-state index contributed by atoms with van der Waals surface area (Å²) < 4.78 is 1.76. The van der Waals surface area contributed by atoms with Crippen LogP contribution in [-0.2, 0) is 13.1 Å². The quantitative estimate of drug-likeness (QED) is 0.742. The fraction of sp³-hybridized carbons (Fsp3) is 0.727. The van der Waals surface area contributed by atoms with Crippen LogP contribution in [0.4, 0.5) is 0 Å². The van der Waals surface area contributed by atoms with Gasteiger partial charge in [-0.3, -0.25) is 4.68 Å². The minimum atomic E-state index is 0.134. The van der Waals surface area contributed by atoms with Crippen LogP contribution in [0.2, 0.25) is 0 Å². The molecule has 1 heterocycles. The van der Waals surface area contributed by atoms with E-state index in [-0.39, 0.29) is 12.1 Å². The van der Waals surface area contributed by atoms with Crippen LogP contribution in [0.1, 0.15) is 32.8 Å². The Hall–Kier alpha value is -0.870. The Bertz CT molecular complexity index is 294. The van der Waals surface area contributed by atoms with E-state index in [2.05, 4.69) is 31.2 Å². The van der Waals surface area contributed by atoms with E-state index in [1.165, 1.54) is 0 Å². The molecule has 0 amide bonds. The van der Waals surface area contributed by atoms with Crippen LogP contribution >= 0.6 is 0 Å². The fourth-order valence-corrected chi connectivity index (χ4v) is 1.19. The lowest BCUT2D eigenvalue weighted by Crippen LogP contribution is -2.37. The van der Waals surface area contributed by atoms with Crippen LogP contribution in [-0.4, -0.2) is 27.0 Å². The molecule has 0 saturated carbocycles. The molecule has 0 spiro atoms. The Morgan fingerprint density at radius 2 is 2.27 bits per heavy atom. The van der Waals surface area contributed by atoms with Gasteiger partial charge in [-0.1, -0.05) is 6.92 Å². The second kappa shape index (κ2) is 5.28. The van der Waals surface area contributed by atoms with Gasteiger partial charge in [0.05, 0.1) is 19.3 Å². The summed E-state index contributed by atoms with van der Waals surface area (Å²) >= 11 is 0. The number of aliphatic hydroxyl groups is 1. The Balaban J connectivity index is 2.44. The van der Waals surface area contributed by atoms with Gasteiger partial charge in [0.15, 0.2) is 0 Å². The van der Waals surface area contributed by atoms with Crippen LogP contribution in [0.25, 0.3) is 0 Å². The third-order valence-electron chi connectivity index (χ3n) is 2.67. The van der Waals surface area contributed by atoms with Crippen molar-refractivity contribution in [2.24, 2.45) is 0 Å². The van der Waals surface area contributed by atoms with Gasteiger partial charge in [-0.2, -0.15) is 5.10 Å². The molecule has 0 aromatic carbocycles. The summed E-state index contributed by atoms with van der Waals surface area (Å²) in [5.74, 6) is 0. The SMILES string of the molecule is CCC(C)(C)NCc1cnn(CCO)c1. The first-order valence-electron chi connectivity index (χ1n) is 5.44. The summed E-state index contributed by atoms with van der Waals surface area (Å²) in [5.41, 5.74) is 1.32. The van der Waals surface area contributed by atoms with Crippen molar-refractivity contribution >= 4 is 0 Å². The monoisotopic (exact) mass is 211 g/mol. The molecule has 0 unspecified atom stereocenters. The van der Waals surface area contributed by atoms with E-state index in [0.717, 1.165) is 18.5 Å². The Morgan fingerprint density at radius 1 is 1.53 bits per heavy atom. The molecule has 0 aliphatic rings. The normalized spacial score (nSPS) is 12.0. The summed E-state index contributed by atoms with van der Waals surface area (Å²) in [7, 11) is 0. The number of nitrogens with one attached hydrogen (secondary N) is 1. The average molecular weight is 211 g/mol. The van der Waals surface area contributed by atoms with Crippen molar-refractivity contribution < 1.29 is 5.11 Å². The minimum absolute atomic E-state index is 0.134. The van der Waals surface area contributed by atoms with Crippen LogP contribution in [0, 0.1) is 0 Å². The van der Waals surface area contributed by atoms with Gasteiger partial charge in [0, 0.05) is 23.8 Å². The molecule has 1 aromatic rings. The van der Waals surface area contributed by atoms with E-state index in [9.17, 15) is 0 Å². The topological polar surface area (TPSA) is 50.1 Å².